The van der Waals surface area contributed by atoms with Crippen LogP contribution in [0.3, 0.4) is 0 Å². The largest absolute Gasteiger partial charge is 0.508 e. The van der Waals surface area contributed by atoms with Crippen molar-refractivity contribution in [3.8, 4) is 40.2 Å². The smallest absolute Gasteiger partial charge is 0.330 e. The van der Waals surface area contributed by atoms with E-state index < -0.39 is 134 Å². The summed E-state index contributed by atoms with van der Waals surface area (Å²) in [5.74, 6) is -8.68. The van der Waals surface area contributed by atoms with Crippen molar-refractivity contribution in [1.29, 1.82) is 0 Å². The number of esters is 3. The van der Waals surface area contributed by atoms with Crippen molar-refractivity contribution in [1.82, 2.24) is 0 Å². The topological polar surface area (TPSA) is 365 Å². The van der Waals surface area contributed by atoms with Crippen molar-refractivity contribution in [3.63, 3.8) is 0 Å². The summed E-state index contributed by atoms with van der Waals surface area (Å²) < 4.78 is 44.8. The Bertz CT molecular complexity index is 2250. The van der Waals surface area contributed by atoms with Crippen LogP contribution in [-0.2, 0) is 47.6 Å². The fourth-order valence-corrected chi connectivity index (χ4v) is 6.63. The van der Waals surface area contributed by atoms with Crippen molar-refractivity contribution in [2.24, 2.45) is 0 Å². The number of aliphatic hydroxyl groups excluding tert-OH is 5. The second kappa shape index (κ2) is 19.7. The monoisotopic (exact) mass is 902 g/mol. The predicted octanol–water partition coefficient (Wildman–Crippen LogP) is -0.455. The van der Waals surface area contributed by atoms with Crippen LogP contribution in [0.5, 0.6) is 40.2 Å². The Hall–Kier alpha value is -6.86. The number of rotatable bonds is 14. The SMILES string of the molecule is CC(=O)OC1C(COC(=O)CC(=O)O)OC(Oc2cc(O)cc3c2C=C(OC2OC(COC(=O)C=Cc4ccc(O)cc4)C(O)C(O)C2O)C(c2cc(O)c(O)c(O)c2)O3)C(O)C1O. The molecule has 11 atom stereocenters. The lowest BCUT2D eigenvalue weighted by Crippen LogP contribution is -2.61. The number of aliphatic hydroxyl groups is 5. The molecule has 3 aliphatic rings. The Morgan fingerprint density at radius 3 is 2.00 bits per heavy atom. The second-order valence-electron chi connectivity index (χ2n) is 14.5. The number of phenolic OH excluding ortho intramolecular Hbond substituents is 5. The van der Waals surface area contributed by atoms with E-state index in [9.17, 15) is 70.2 Å². The average Bonchev–Trinajstić information content (AvgIpc) is 3.23. The minimum Gasteiger partial charge on any atom is -0.508 e. The molecule has 23 nitrogen and oxygen atoms in total. The van der Waals surface area contributed by atoms with Crippen LogP contribution in [0, 0.1) is 0 Å². The third kappa shape index (κ3) is 10.8. The summed E-state index contributed by atoms with van der Waals surface area (Å²) in [5.41, 5.74) is 0.270. The maximum Gasteiger partial charge on any atom is 0.330 e. The van der Waals surface area contributed by atoms with Gasteiger partial charge < -0.3 is 94.1 Å². The summed E-state index contributed by atoms with van der Waals surface area (Å²) in [6.45, 7) is -0.512. The van der Waals surface area contributed by atoms with E-state index in [0.717, 1.165) is 43.3 Å². The van der Waals surface area contributed by atoms with Gasteiger partial charge in [0, 0.05) is 30.7 Å². The molecule has 3 aromatic carbocycles. The molecule has 0 spiro atoms. The number of carbonyl (C=O) groups is 4. The maximum absolute atomic E-state index is 12.5. The van der Waals surface area contributed by atoms with Gasteiger partial charge >= 0.3 is 23.9 Å². The Morgan fingerprint density at radius 1 is 0.719 bits per heavy atom. The summed E-state index contributed by atoms with van der Waals surface area (Å²) >= 11 is 0. The summed E-state index contributed by atoms with van der Waals surface area (Å²) in [7, 11) is 0. The fraction of sp³-hybridized carbons (Fsp3) is 0.366. The van der Waals surface area contributed by atoms with E-state index in [1.165, 1.54) is 30.3 Å². The zero-order chi connectivity index (χ0) is 46.6. The molecule has 2 fully saturated rings. The lowest BCUT2D eigenvalue weighted by Gasteiger charge is -2.42. The van der Waals surface area contributed by atoms with Gasteiger partial charge in [-0.15, -0.1) is 0 Å². The molecule has 11 N–H and O–H groups in total. The van der Waals surface area contributed by atoms with E-state index >= 15 is 0 Å². The van der Waals surface area contributed by atoms with Gasteiger partial charge in [0.1, 0.15) is 91.1 Å². The average molecular weight is 903 g/mol. The van der Waals surface area contributed by atoms with Gasteiger partial charge in [0.05, 0.1) is 5.56 Å². The molecule has 0 amide bonds. The van der Waals surface area contributed by atoms with Gasteiger partial charge in [0.2, 0.25) is 12.6 Å². The summed E-state index contributed by atoms with van der Waals surface area (Å²) in [5, 5.41) is 115. The highest BCUT2D eigenvalue weighted by Gasteiger charge is 2.49. The van der Waals surface area contributed by atoms with Crippen LogP contribution in [0.15, 0.2) is 60.4 Å². The van der Waals surface area contributed by atoms with E-state index in [-0.39, 0.29) is 34.1 Å². The maximum atomic E-state index is 12.5. The standard InChI is InChI=1S/C41H42O23/c1-16(42)59-39-28(15-58-31(50)13-29(47)48)64-41(37(56)35(39)54)61-25-11-20(44)10-24-21(25)12-26(38(60-24)18-8-22(45)32(51)23(46)9-18)62-40-36(55)34(53)33(52)27(63-40)14-57-30(49)7-4-17-2-5-19(43)6-3-17/h2-12,27-28,33-41,43-46,51-56H,13-15H2,1H3,(H,47,48). The van der Waals surface area contributed by atoms with E-state index in [4.69, 9.17) is 43.0 Å². The highest BCUT2D eigenvalue weighted by molar-refractivity contribution is 5.90. The van der Waals surface area contributed by atoms with E-state index in [1.807, 2.05) is 0 Å². The first kappa shape index (κ1) is 46.6. The molecule has 0 aromatic heterocycles. The van der Waals surface area contributed by atoms with Gasteiger partial charge in [-0.25, -0.2) is 4.79 Å². The van der Waals surface area contributed by atoms with Gasteiger partial charge in [0.25, 0.3) is 0 Å². The molecule has 0 radical (unpaired) electrons. The first-order chi connectivity index (χ1) is 30.3. The number of aromatic hydroxyl groups is 5. The Balaban J connectivity index is 1.30. The first-order valence-corrected chi connectivity index (χ1v) is 19.0. The fourth-order valence-electron chi connectivity index (χ4n) is 6.63. The molecule has 64 heavy (non-hydrogen) atoms. The van der Waals surface area contributed by atoms with E-state index in [1.54, 1.807) is 0 Å². The molecule has 11 unspecified atom stereocenters. The molecule has 6 rings (SSSR count). The number of carboxylic acid groups (broad SMARTS) is 1. The molecule has 3 aromatic rings. The quantitative estimate of drug-likeness (QED) is 0.0321. The predicted molar refractivity (Wildman–Crippen MR) is 207 cm³/mol. The van der Waals surface area contributed by atoms with Crippen LogP contribution in [0.2, 0.25) is 0 Å². The zero-order valence-corrected chi connectivity index (χ0v) is 33.1. The number of ether oxygens (including phenoxy) is 8. The van der Waals surface area contributed by atoms with Crippen molar-refractivity contribution < 1.29 is 113 Å². The summed E-state index contributed by atoms with van der Waals surface area (Å²) in [6.07, 6.45) is -17.5. The lowest BCUT2D eigenvalue weighted by atomic mass is 9.98. The number of hydrogen-bond donors (Lipinski definition) is 11. The number of phenols is 5. The molecule has 0 aliphatic carbocycles. The number of benzene rings is 3. The van der Waals surface area contributed by atoms with Crippen molar-refractivity contribution >= 4 is 36.0 Å². The van der Waals surface area contributed by atoms with Crippen LogP contribution in [-0.4, -0.2) is 155 Å². The van der Waals surface area contributed by atoms with Gasteiger partial charge in [-0.05, 0) is 42.0 Å². The number of carbonyl (C=O) groups excluding carboxylic acids is 3. The Labute approximate surface area is 360 Å². The van der Waals surface area contributed by atoms with Crippen molar-refractivity contribution in [2.75, 3.05) is 13.2 Å². The lowest BCUT2D eigenvalue weighted by molar-refractivity contribution is -0.294. The van der Waals surface area contributed by atoms with E-state index in [2.05, 4.69) is 0 Å². The van der Waals surface area contributed by atoms with Crippen molar-refractivity contribution in [2.45, 2.75) is 80.9 Å². The zero-order valence-electron chi connectivity index (χ0n) is 33.1. The summed E-state index contributed by atoms with van der Waals surface area (Å²) in [6, 6.07) is 9.80. The number of fused-ring (bicyclic) bond motifs is 1. The van der Waals surface area contributed by atoms with Crippen LogP contribution in [0.25, 0.3) is 12.2 Å². The van der Waals surface area contributed by atoms with E-state index in [0.29, 0.717) is 5.56 Å². The minimum atomic E-state index is -2.03. The van der Waals surface area contributed by atoms with Gasteiger partial charge in [-0.3, -0.25) is 14.4 Å². The van der Waals surface area contributed by atoms with Gasteiger partial charge in [-0.2, -0.15) is 0 Å². The second-order valence-corrected chi connectivity index (χ2v) is 14.5. The Kier molecular flexibility index (Phi) is 14.3. The van der Waals surface area contributed by atoms with Gasteiger partial charge in [0.15, 0.2) is 29.5 Å². The molecule has 23 heteroatoms. The third-order valence-electron chi connectivity index (χ3n) is 9.78. The van der Waals surface area contributed by atoms with Crippen molar-refractivity contribution in [3.05, 3.63) is 77.1 Å². The molecule has 3 aliphatic heterocycles. The van der Waals surface area contributed by atoms with Crippen LogP contribution in [0.1, 0.15) is 36.1 Å². The Morgan fingerprint density at radius 2 is 1.34 bits per heavy atom. The highest BCUT2D eigenvalue weighted by Crippen LogP contribution is 2.48. The number of aliphatic carboxylic acids is 1. The summed E-state index contributed by atoms with van der Waals surface area (Å²) in [4.78, 5) is 47.4. The third-order valence-corrected chi connectivity index (χ3v) is 9.78. The molecular formula is C41H42O23. The van der Waals surface area contributed by atoms with Crippen LogP contribution in [0.4, 0.5) is 0 Å². The van der Waals surface area contributed by atoms with Gasteiger partial charge in [-0.1, -0.05) is 12.1 Å². The molecule has 0 bridgehead atoms. The van der Waals surface area contributed by atoms with Crippen LogP contribution < -0.4 is 9.47 Å². The minimum absolute atomic E-state index is 0.000518. The van der Waals surface area contributed by atoms with Crippen LogP contribution >= 0.6 is 0 Å². The molecule has 3 heterocycles. The first-order valence-electron chi connectivity index (χ1n) is 19.0. The number of carboxylic acids is 1. The molecule has 344 valence electrons. The highest BCUT2D eigenvalue weighted by atomic mass is 16.7. The molecular weight excluding hydrogens is 860 g/mol. The number of hydrogen-bond acceptors (Lipinski definition) is 22. The molecule has 0 saturated carbocycles. The molecule has 2 saturated heterocycles. The normalized spacial score (nSPS) is 27.6.